The average molecular weight is 887 g/mol. The molecule has 10 aromatic rings. The molecule has 0 fully saturated rings. The minimum Gasteiger partial charge on any atom is -1.00 e. The topological polar surface area (TPSA) is 0 Å². The van der Waals surface area contributed by atoms with Crippen molar-refractivity contribution in [3.63, 3.8) is 0 Å². The van der Waals surface area contributed by atoms with Crippen molar-refractivity contribution in [3.8, 4) is 22.3 Å². The summed E-state index contributed by atoms with van der Waals surface area (Å²) in [7, 11) is 0. The standard InChI is InChI=1S/2C26H21.C2H6Si.2ClH.Zr/c2*1-2-7-18-14-22-13-12-19-8-5-6-11-24(19)26(22)25(15-18)23-16-20-9-3-4-10-21(20)17-23;1-3-2;;;/h2*3-6,8-17H,2,7H2,1H3;1-2H3;2*1H;/q2*-1;;;;+2/p-2. The normalized spacial score (nSPS) is 10.9. The molecule has 58 heavy (non-hydrogen) atoms. The van der Waals surface area contributed by atoms with E-state index in [1.807, 2.05) is 0 Å². The van der Waals surface area contributed by atoms with Crippen LogP contribution < -0.4 is 24.8 Å². The molecule has 0 heterocycles. The van der Waals surface area contributed by atoms with Crippen LogP contribution in [0.2, 0.25) is 13.1 Å². The summed E-state index contributed by atoms with van der Waals surface area (Å²) in [5, 5.41) is 16.0. The molecule has 10 aromatic carbocycles. The second-order valence-corrected chi connectivity index (χ2v) is 24.7. The summed E-state index contributed by atoms with van der Waals surface area (Å²) in [5.74, 6) is 0. The molecule has 0 atom stereocenters. The molecule has 0 amide bonds. The van der Waals surface area contributed by atoms with Crippen molar-refractivity contribution >= 4 is 70.1 Å². The molecule has 10 rings (SSSR count). The smallest absolute Gasteiger partial charge is 1.00 e. The maximum atomic E-state index is 2.41. The van der Waals surface area contributed by atoms with Crippen LogP contribution in [-0.4, -0.2) is 5.43 Å². The third-order valence-corrected chi connectivity index (χ3v) is 10.7. The molecule has 0 saturated heterocycles. The third kappa shape index (κ3) is 9.28. The molecule has 0 saturated carbocycles. The van der Waals surface area contributed by atoms with Gasteiger partial charge in [-0.25, -0.2) is 0 Å². The van der Waals surface area contributed by atoms with Gasteiger partial charge in [0.15, 0.2) is 0 Å². The molecule has 0 aliphatic carbocycles. The third-order valence-electron chi connectivity index (χ3n) is 10.7. The number of hydrogen-bond donors (Lipinski definition) is 0. The van der Waals surface area contributed by atoms with Crippen LogP contribution in [-0.2, 0) is 36.2 Å². The van der Waals surface area contributed by atoms with E-state index >= 15 is 0 Å². The second-order valence-electron chi connectivity index (χ2n) is 15.3. The van der Waals surface area contributed by atoms with Crippen molar-refractivity contribution in [2.75, 3.05) is 0 Å². The van der Waals surface area contributed by atoms with Gasteiger partial charge in [0.05, 0.1) is 0 Å². The SMILES string of the molecule is CCCc1cc(-c2cc3ccccc3[cH-]2)c2c(ccc3ccccc32)c1.CCCc1cc(-c2cc3ccccc3[cH-]2)c2c(ccc3ccccc32)c1.C[Si](C)=[Zr+2].[Cl-].[Cl-]. The van der Waals surface area contributed by atoms with Gasteiger partial charge >= 0.3 is 41.9 Å². The Hall–Kier alpha value is -4.30. The van der Waals surface area contributed by atoms with Crippen LogP contribution in [0.4, 0.5) is 0 Å². The first-order chi connectivity index (χ1) is 27.4. The van der Waals surface area contributed by atoms with E-state index in [9.17, 15) is 0 Å². The summed E-state index contributed by atoms with van der Waals surface area (Å²) < 4.78 is 0. The van der Waals surface area contributed by atoms with Crippen molar-refractivity contribution in [1.82, 2.24) is 0 Å². The number of fused-ring (bicyclic) bond motifs is 8. The first-order valence-electron chi connectivity index (χ1n) is 20.1. The van der Waals surface area contributed by atoms with E-state index in [1.165, 1.54) is 111 Å². The summed E-state index contributed by atoms with van der Waals surface area (Å²) in [6.45, 7) is 9.12. The minimum atomic E-state index is 0. The van der Waals surface area contributed by atoms with Gasteiger partial charge in [-0.15, -0.1) is 69.1 Å². The molecule has 0 unspecified atom stereocenters. The predicted molar refractivity (Wildman–Crippen MR) is 245 cm³/mol. The van der Waals surface area contributed by atoms with Crippen LogP contribution in [0.25, 0.3) is 86.9 Å². The summed E-state index contributed by atoms with van der Waals surface area (Å²) in [6, 6.07) is 62.7. The Morgan fingerprint density at radius 3 is 1.16 bits per heavy atom. The summed E-state index contributed by atoms with van der Waals surface area (Å²) in [4.78, 5) is 0. The van der Waals surface area contributed by atoms with Gasteiger partial charge in [0.2, 0.25) is 0 Å². The molecule has 0 spiro atoms. The summed E-state index contributed by atoms with van der Waals surface area (Å²) >= 11 is 1.74. The molecule has 0 radical (unpaired) electrons. The van der Waals surface area contributed by atoms with Crippen LogP contribution in [0.1, 0.15) is 37.8 Å². The Morgan fingerprint density at radius 1 is 0.431 bits per heavy atom. The summed E-state index contributed by atoms with van der Waals surface area (Å²) in [6.07, 6.45) is 4.58. The zero-order valence-corrected chi connectivity index (χ0v) is 38.7. The van der Waals surface area contributed by atoms with Gasteiger partial charge in [-0.2, -0.15) is 0 Å². The fourth-order valence-electron chi connectivity index (χ4n) is 8.35. The van der Waals surface area contributed by atoms with Crippen LogP contribution >= 0.6 is 0 Å². The number of rotatable bonds is 6. The first kappa shape index (κ1) is 43.3. The molecule has 0 aromatic heterocycles. The molecule has 0 bridgehead atoms. The average Bonchev–Trinajstić information content (AvgIpc) is 3.85. The number of halogens is 2. The Labute approximate surface area is 371 Å². The van der Waals surface area contributed by atoms with E-state index in [1.54, 1.807) is 23.3 Å². The molecule has 0 nitrogen and oxygen atoms in total. The maximum absolute atomic E-state index is 2.41. The second kappa shape index (κ2) is 19.6. The summed E-state index contributed by atoms with van der Waals surface area (Å²) in [5.41, 5.74) is 8.43. The molecule has 0 aliphatic rings. The Kier molecular flexibility index (Phi) is 14.7. The maximum Gasteiger partial charge on any atom is -1.00 e. The molecule has 4 heteroatoms. The molecule has 0 N–H and O–H groups in total. The van der Waals surface area contributed by atoms with E-state index in [4.69, 9.17) is 0 Å². The predicted octanol–water partition coefficient (Wildman–Crippen LogP) is 9.76. The van der Waals surface area contributed by atoms with Crippen molar-refractivity contribution in [3.05, 3.63) is 181 Å². The Morgan fingerprint density at radius 2 is 0.776 bits per heavy atom. The van der Waals surface area contributed by atoms with Crippen LogP contribution in [0.3, 0.4) is 0 Å². The van der Waals surface area contributed by atoms with E-state index in [0.29, 0.717) is 0 Å². The fraction of sp³-hybridized carbons (Fsp3) is 0.148. The van der Waals surface area contributed by atoms with Gasteiger partial charge in [0.1, 0.15) is 0 Å². The van der Waals surface area contributed by atoms with Crippen LogP contribution in [0.5, 0.6) is 0 Å². The molecular formula is C54H48Cl2SiZr-2. The van der Waals surface area contributed by atoms with E-state index in [0.717, 1.165) is 12.8 Å². The van der Waals surface area contributed by atoms with Gasteiger partial charge < -0.3 is 24.8 Å². The van der Waals surface area contributed by atoms with Crippen molar-refractivity contribution in [1.29, 1.82) is 0 Å². The monoisotopic (exact) mass is 884 g/mol. The number of aryl methyl sites for hydroxylation is 2. The minimum absolute atomic E-state index is 0. The zero-order chi connectivity index (χ0) is 38.6. The Bertz CT molecular complexity index is 2740. The van der Waals surface area contributed by atoms with Crippen LogP contribution in [0, 0.1) is 0 Å². The van der Waals surface area contributed by atoms with E-state index < -0.39 is 0 Å². The first-order valence-corrected chi connectivity index (χ1v) is 26.3. The quantitative estimate of drug-likeness (QED) is 0.0887. The van der Waals surface area contributed by atoms with Crippen molar-refractivity contribution in [2.24, 2.45) is 0 Å². The van der Waals surface area contributed by atoms with E-state index in [-0.39, 0.29) is 30.2 Å². The molecule has 288 valence electrons. The van der Waals surface area contributed by atoms with Gasteiger partial charge in [-0.3, -0.25) is 0 Å². The van der Waals surface area contributed by atoms with Crippen LogP contribution in [0.15, 0.2) is 170 Å². The van der Waals surface area contributed by atoms with Crippen molar-refractivity contribution < 1.29 is 48.1 Å². The van der Waals surface area contributed by atoms with Gasteiger partial charge in [0.25, 0.3) is 0 Å². The number of benzene rings is 8. The Balaban J connectivity index is 0.000000174. The van der Waals surface area contributed by atoms with Gasteiger partial charge in [0, 0.05) is 0 Å². The van der Waals surface area contributed by atoms with Gasteiger partial charge in [-0.05, 0) is 55.9 Å². The number of hydrogen-bond acceptors (Lipinski definition) is 0. The molecular weight excluding hydrogens is 839 g/mol. The van der Waals surface area contributed by atoms with Gasteiger partial charge in [-0.1, -0.05) is 182 Å². The van der Waals surface area contributed by atoms with E-state index in [2.05, 4.69) is 197 Å². The molecule has 0 aliphatic heterocycles. The zero-order valence-electron chi connectivity index (χ0n) is 33.8. The fourth-order valence-corrected chi connectivity index (χ4v) is 8.35. The van der Waals surface area contributed by atoms with Crippen molar-refractivity contribution in [2.45, 2.75) is 52.6 Å². The largest absolute Gasteiger partial charge is 1.00 e.